The number of aromatic carboxylic acids is 1. The van der Waals surface area contributed by atoms with Crippen LogP contribution in [0.3, 0.4) is 0 Å². The Kier molecular flexibility index (Phi) is 4.82. The van der Waals surface area contributed by atoms with Crippen molar-refractivity contribution in [2.45, 2.75) is 6.10 Å². The first-order chi connectivity index (χ1) is 9.49. The summed E-state index contributed by atoms with van der Waals surface area (Å²) in [7, 11) is 0. The van der Waals surface area contributed by atoms with Gasteiger partial charge in [0, 0.05) is 0 Å². The summed E-state index contributed by atoms with van der Waals surface area (Å²) < 4.78 is 10.4. The molecule has 1 aromatic rings. The third kappa shape index (κ3) is 3.40. The van der Waals surface area contributed by atoms with Crippen LogP contribution in [0.15, 0.2) is 12.1 Å². The van der Waals surface area contributed by atoms with Gasteiger partial charge in [-0.1, -0.05) is 23.2 Å². The number of rotatable bonds is 3. The van der Waals surface area contributed by atoms with E-state index in [-0.39, 0.29) is 27.9 Å². The van der Waals surface area contributed by atoms with E-state index in [2.05, 4.69) is 5.32 Å². The highest BCUT2D eigenvalue weighted by Gasteiger charge is 2.24. The summed E-state index contributed by atoms with van der Waals surface area (Å²) >= 11 is 11.9. The van der Waals surface area contributed by atoms with Crippen molar-refractivity contribution >= 4 is 40.8 Å². The molecule has 0 saturated carbocycles. The fourth-order valence-electron chi connectivity index (χ4n) is 1.66. The van der Waals surface area contributed by atoms with Gasteiger partial charge < -0.3 is 19.9 Å². The molecule has 1 fully saturated rings. The lowest BCUT2D eigenvalue weighted by Crippen LogP contribution is -2.39. The lowest BCUT2D eigenvalue weighted by atomic mass is 10.2. The molecule has 0 spiro atoms. The third-order valence-corrected chi connectivity index (χ3v) is 3.24. The molecule has 1 aromatic carbocycles. The second-order valence-electron chi connectivity index (χ2n) is 4.04. The van der Waals surface area contributed by atoms with Crippen molar-refractivity contribution in [3.05, 3.63) is 27.7 Å². The van der Waals surface area contributed by atoms with Crippen molar-refractivity contribution in [1.29, 1.82) is 0 Å². The van der Waals surface area contributed by atoms with E-state index in [1.54, 1.807) is 0 Å². The Morgan fingerprint density at radius 3 is 2.40 bits per heavy atom. The number of amides is 1. The van der Waals surface area contributed by atoms with E-state index in [0.717, 1.165) is 0 Å². The van der Waals surface area contributed by atoms with Crippen LogP contribution in [0, 0.1) is 0 Å². The SMILES string of the molecule is O=C(O)c1cc(Cl)c(NC(=O)C2COCCO2)c(Cl)c1. The van der Waals surface area contributed by atoms with Crippen LogP contribution in [0.25, 0.3) is 0 Å². The maximum atomic E-state index is 11.9. The van der Waals surface area contributed by atoms with Crippen LogP contribution in [0.5, 0.6) is 0 Å². The minimum absolute atomic E-state index is 0.0416. The number of anilines is 1. The molecule has 1 saturated heterocycles. The molecule has 108 valence electrons. The first-order valence-corrected chi connectivity index (χ1v) is 6.47. The molecule has 1 amide bonds. The van der Waals surface area contributed by atoms with E-state index < -0.39 is 18.0 Å². The number of hydrogen-bond acceptors (Lipinski definition) is 4. The lowest BCUT2D eigenvalue weighted by molar-refractivity contribution is -0.142. The van der Waals surface area contributed by atoms with Crippen molar-refractivity contribution in [1.82, 2.24) is 0 Å². The van der Waals surface area contributed by atoms with Crippen molar-refractivity contribution in [3.8, 4) is 0 Å². The Hall–Kier alpha value is -1.34. The molecule has 1 heterocycles. The fourth-order valence-corrected chi connectivity index (χ4v) is 2.24. The van der Waals surface area contributed by atoms with Gasteiger partial charge in [-0.15, -0.1) is 0 Å². The van der Waals surface area contributed by atoms with Crippen LogP contribution in [-0.4, -0.2) is 42.9 Å². The monoisotopic (exact) mass is 319 g/mol. The van der Waals surface area contributed by atoms with E-state index >= 15 is 0 Å². The molecule has 20 heavy (non-hydrogen) atoms. The highest BCUT2D eigenvalue weighted by Crippen LogP contribution is 2.32. The Bertz CT molecular complexity index is 520. The van der Waals surface area contributed by atoms with Crippen molar-refractivity contribution in [2.24, 2.45) is 0 Å². The molecule has 1 atom stereocenters. The number of benzene rings is 1. The van der Waals surface area contributed by atoms with E-state index in [9.17, 15) is 9.59 Å². The number of carboxylic acid groups (broad SMARTS) is 1. The number of nitrogens with one attached hydrogen (secondary N) is 1. The van der Waals surface area contributed by atoms with E-state index in [0.29, 0.717) is 13.2 Å². The maximum absolute atomic E-state index is 11.9. The zero-order chi connectivity index (χ0) is 14.7. The van der Waals surface area contributed by atoms with Crippen LogP contribution in [0.4, 0.5) is 5.69 Å². The summed E-state index contributed by atoms with van der Waals surface area (Å²) in [5.74, 6) is -1.60. The second kappa shape index (κ2) is 6.41. The van der Waals surface area contributed by atoms with Crippen LogP contribution in [-0.2, 0) is 14.3 Å². The molecular formula is C12H11Cl2NO5. The summed E-state index contributed by atoms with van der Waals surface area (Å²) in [5.41, 5.74) is 0.0905. The first kappa shape index (κ1) is 15.1. The number of carbonyl (C=O) groups excluding carboxylic acids is 1. The summed E-state index contributed by atoms with van der Waals surface area (Å²) in [5, 5.41) is 11.5. The normalized spacial score (nSPS) is 18.6. The minimum Gasteiger partial charge on any atom is -0.478 e. The van der Waals surface area contributed by atoms with Gasteiger partial charge >= 0.3 is 5.97 Å². The Morgan fingerprint density at radius 1 is 1.25 bits per heavy atom. The van der Waals surface area contributed by atoms with Gasteiger partial charge in [0.05, 0.1) is 41.1 Å². The summed E-state index contributed by atoms with van der Waals surface area (Å²) in [6.45, 7) is 0.921. The molecule has 1 unspecified atom stereocenters. The number of carboxylic acids is 1. The van der Waals surface area contributed by atoms with Gasteiger partial charge in [-0.3, -0.25) is 4.79 Å². The average Bonchev–Trinajstić information content (AvgIpc) is 2.43. The first-order valence-electron chi connectivity index (χ1n) is 5.71. The maximum Gasteiger partial charge on any atom is 0.335 e. The van der Waals surface area contributed by atoms with Gasteiger partial charge in [0.25, 0.3) is 5.91 Å². The fraction of sp³-hybridized carbons (Fsp3) is 0.333. The van der Waals surface area contributed by atoms with Gasteiger partial charge in [-0.2, -0.15) is 0 Å². The zero-order valence-corrected chi connectivity index (χ0v) is 11.7. The van der Waals surface area contributed by atoms with Crippen molar-refractivity contribution in [3.63, 3.8) is 0 Å². The Labute approximate surface area is 124 Å². The van der Waals surface area contributed by atoms with Gasteiger partial charge in [0.15, 0.2) is 6.10 Å². The number of halogens is 2. The van der Waals surface area contributed by atoms with Gasteiger partial charge in [0.2, 0.25) is 0 Å². The summed E-state index contributed by atoms with van der Waals surface area (Å²) in [4.78, 5) is 22.8. The minimum atomic E-state index is -1.16. The highest BCUT2D eigenvalue weighted by atomic mass is 35.5. The molecule has 0 radical (unpaired) electrons. The van der Waals surface area contributed by atoms with Crippen LogP contribution >= 0.6 is 23.2 Å². The molecule has 2 N–H and O–H groups in total. The van der Waals surface area contributed by atoms with Crippen molar-refractivity contribution in [2.75, 3.05) is 25.1 Å². The molecule has 0 bridgehead atoms. The largest absolute Gasteiger partial charge is 0.478 e. The van der Waals surface area contributed by atoms with Crippen LogP contribution < -0.4 is 5.32 Å². The van der Waals surface area contributed by atoms with E-state index in [1.165, 1.54) is 12.1 Å². The lowest BCUT2D eigenvalue weighted by Gasteiger charge is -2.22. The molecule has 8 heteroatoms. The van der Waals surface area contributed by atoms with Crippen LogP contribution in [0.1, 0.15) is 10.4 Å². The molecular weight excluding hydrogens is 309 g/mol. The highest BCUT2D eigenvalue weighted by molar-refractivity contribution is 6.40. The molecule has 0 aliphatic carbocycles. The van der Waals surface area contributed by atoms with E-state index in [1.807, 2.05) is 0 Å². The Morgan fingerprint density at radius 2 is 1.90 bits per heavy atom. The predicted octanol–water partition coefficient (Wildman–Crippen LogP) is 2.05. The van der Waals surface area contributed by atoms with Crippen LogP contribution in [0.2, 0.25) is 10.0 Å². The summed E-state index contributed by atoms with van der Waals surface area (Å²) in [6.07, 6.45) is -0.741. The zero-order valence-electron chi connectivity index (χ0n) is 10.2. The third-order valence-electron chi connectivity index (χ3n) is 2.65. The molecule has 1 aliphatic heterocycles. The molecule has 0 aromatic heterocycles. The number of ether oxygens (including phenoxy) is 2. The van der Waals surface area contributed by atoms with Gasteiger partial charge in [-0.05, 0) is 12.1 Å². The molecule has 2 rings (SSSR count). The second-order valence-corrected chi connectivity index (χ2v) is 4.86. The topological polar surface area (TPSA) is 84.9 Å². The number of hydrogen-bond donors (Lipinski definition) is 2. The average molecular weight is 320 g/mol. The number of carbonyl (C=O) groups is 2. The molecule has 6 nitrogen and oxygen atoms in total. The Balaban J connectivity index is 2.16. The smallest absolute Gasteiger partial charge is 0.335 e. The van der Waals surface area contributed by atoms with Gasteiger partial charge in [-0.25, -0.2) is 4.79 Å². The van der Waals surface area contributed by atoms with E-state index in [4.69, 9.17) is 37.8 Å². The van der Waals surface area contributed by atoms with Gasteiger partial charge in [0.1, 0.15) is 0 Å². The van der Waals surface area contributed by atoms with Crippen molar-refractivity contribution < 1.29 is 24.2 Å². The quantitative estimate of drug-likeness (QED) is 0.890. The predicted molar refractivity (Wildman–Crippen MR) is 72.6 cm³/mol. The standard InChI is InChI=1S/C12H11Cl2NO5/c13-7-3-6(12(17)18)4-8(14)10(7)15-11(16)9-5-19-1-2-20-9/h3-4,9H,1-2,5H2,(H,15,16)(H,17,18). The molecule has 1 aliphatic rings. The summed E-state index contributed by atoms with van der Waals surface area (Å²) in [6, 6.07) is 2.42.